The first kappa shape index (κ1) is 13.2. The van der Waals surface area contributed by atoms with E-state index in [9.17, 15) is 4.79 Å². The molecular formula is C15H18O2. The van der Waals surface area contributed by atoms with Crippen LogP contribution in [0, 0.1) is 0 Å². The van der Waals surface area contributed by atoms with E-state index in [1.807, 2.05) is 37.3 Å². The monoisotopic (exact) mass is 230 g/mol. The molecule has 0 saturated heterocycles. The van der Waals surface area contributed by atoms with E-state index in [4.69, 9.17) is 4.74 Å². The van der Waals surface area contributed by atoms with Gasteiger partial charge >= 0.3 is 5.97 Å². The SMILES string of the molecule is CCOC(=O)/C=C(C)\C=C\Cc1ccccc1. The lowest BCUT2D eigenvalue weighted by atomic mass is 10.1. The van der Waals surface area contributed by atoms with Crippen LogP contribution in [0.5, 0.6) is 0 Å². The van der Waals surface area contributed by atoms with Gasteiger partial charge in [-0.25, -0.2) is 4.79 Å². The van der Waals surface area contributed by atoms with Crippen LogP contribution in [0.2, 0.25) is 0 Å². The summed E-state index contributed by atoms with van der Waals surface area (Å²) >= 11 is 0. The molecule has 0 N–H and O–H groups in total. The third-order valence-corrected chi connectivity index (χ3v) is 2.21. The van der Waals surface area contributed by atoms with Crippen LogP contribution in [0.4, 0.5) is 0 Å². The highest BCUT2D eigenvalue weighted by molar-refractivity contribution is 5.83. The molecule has 0 aromatic heterocycles. The lowest BCUT2D eigenvalue weighted by molar-refractivity contribution is -0.137. The molecule has 0 saturated carbocycles. The Kier molecular flexibility index (Phi) is 5.80. The van der Waals surface area contributed by atoms with E-state index in [1.165, 1.54) is 11.6 Å². The number of hydrogen-bond acceptors (Lipinski definition) is 2. The van der Waals surface area contributed by atoms with E-state index in [0.29, 0.717) is 6.61 Å². The largest absolute Gasteiger partial charge is 0.463 e. The second-order valence-electron chi connectivity index (χ2n) is 3.73. The molecule has 0 bridgehead atoms. The molecule has 1 rings (SSSR count). The molecule has 0 fully saturated rings. The summed E-state index contributed by atoms with van der Waals surface area (Å²) in [5.41, 5.74) is 2.16. The smallest absolute Gasteiger partial charge is 0.330 e. The summed E-state index contributed by atoms with van der Waals surface area (Å²) in [5.74, 6) is -0.283. The van der Waals surface area contributed by atoms with Gasteiger partial charge in [-0.15, -0.1) is 0 Å². The Balaban J connectivity index is 2.46. The maximum Gasteiger partial charge on any atom is 0.330 e. The van der Waals surface area contributed by atoms with Crippen molar-refractivity contribution in [3.8, 4) is 0 Å². The van der Waals surface area contributed by atoms with Crippen molar-refractivity contribution in [2.75, 3.05) is 6.61 Å². The van der Waals surface area contributed by atoms with E-state index in [1.54, 1.807) is 6.92 Å². The number of benzene rings is 1. The highest BCUT2D eigenvalue weighted by Crippen LogP contribution is 2.02. The van der Waals surface area contributed by atoms with Crippen molar-refractivity contribution in [3.63, 3.8) is 0 Å². The molecule has 0 heterocycles. The molecule has 0 spiro atoms. The van der Waals surface area contributed by atoms with Crippen molar-refractivity contribution in [2.24, 2.45) is 0 Å². The number of carbonyl (C=O) groups excluding carboxylic acids is 1. The zero-order chi connectivity index (χ0) is 12.5. The van der Waals surface area contributed by atoms with Crippen LogP contribution < -0.4 is 0 Å². The zero-order valence-electron chi connectivity index (χ0n) is 10.3. The molecule has 1 aromatic rings. The van der Waals surface area contributed by atoms with Gasteiger partial charge in [-0.3, -0.25) is 0 Å². The van der Waals surface area contributed by atoms with Crippen LogP contribution in [0.1, 0.15) is 19.4 Å². The van der Waals surface area contributed by atoms with E-state index in [-0.39, 0.29) is 5.97 Å². The van der Waals surface area contributed by atoms with E-state index in [0.717, 1.165) is 12.0 Å². The minimum Gasteiger partial charge on any atom is -0.463 e. The Morgan fingerprint density at radius 2 is 2.00 bits per heavy atom. The summed E-state index contributed by atoms with van der Waals surface area (Å²) in [5, 5.41) is 0. The summed E-state index contributed by atoms with van der Waals surface area (Å²) in [6.45, 7) is 4.10. The van der Waals surface area contributed by atoms with E-state index >= 15 is 0 Å². The summed E-state index contributed by atoms with van der Waals surface area (Å²) in [6.07, 6.45) is 6.35. The number of hydrogen-bond donors (Lipinski definition) is 0. The van der Waals surface area contributed by atoms with Crippen molar-refractivity contribution in [1.29, 1.82) is 0 Å². The van der Waals surface area contributed by atoms with Crippen LogP contribution >= 0.6 is 0 Å². The molecule has 0 atom stereocenters. The first-order chi connectivity index (χ1) is 8.22. The summed E-state index contributed by atoms with van der Waals surface area (Å²) in [7, 11) is 0. The van der Waals surface area contributed by atoms with Crippen molar-refractivity contribution >= 4 is 5.97 Å². The molecule has 2 nitrogen and oxygen atoms in total. The Bertz CT molecular complexity index is 402. The van der Waals surface area contributed by atoms with Gasteiger partial charge in [0.1, 0.15) is 0 Å². The number of allylic oxidation sites excluding steroid dienone is 3. The average Bonchev–Trinajstić information content (AvgIpc) is 2.30. The number of ether oxygens (including phenoxy) is 1. The molecule has 0 unspecified atom stereocenters. The fraction of sp³-hybridized carbons (Fsp3) is 0.267. The van der Waals surface area contributed by atoms with Gasteiger partial charge in [-0.05, 0) is 31.4 Å². The topological polar surface area (TPSA) is 26.3 Å². The highest BCUT2D eigenvalue weighted by Gasteiger charge is 1.94. The summed E-state index contributed by atoms with van der Waals surface area (Å²) < 4.78 is 4.83. The Morgan fingerprint density at radius 3 is 2.65 bits per heavy atom. The number of esters is 1. The second kappa shape index (κ2) is 7.44. The van der Waals surface area contributed by atoms with Crippen LogP contribution in [0.3, 0.4) is 0 Å². The molecule has 0 radical (unpaired) electrons. The average molecular weight is 230 g/mol. The maximum absolute atomic E-state index is 11.2. The lowest BCUT2D eigenvalue weighted by Gasteiger charge is -1.97. The van der Waals surface area contributed by atoms with Gasteiger partial charge < -0.3 is 4.74 Å². The van der Waals surface area contributed by atoms with Gasteiger partial charge in [0.15, 0.2) is 0 Å². The lowest BCUT2D eigenvalue weighted by Crippen LogP contribution is -1.99. The molecule has 2 heteroatoms. The number of carbonyl (C=O) groups is 1. The normalized spacial score (nSPS) is 11.8. The summed E-state index contributed by atoms with van der Waals surface area (Å²) in [6, 6.07) is 10.2. The standard InChI is InChI=1S/C15H18O2/c1-3-17-15(16)12-13(2)8-7-11-14-9-5-4-6-10-14/h4-10,12H,3,11H2,1-2H3/b8-7+,13-12-. The predicted octanol–water partition coefficient (Wildman–Crippen LogP) is 3.29. The minimum absolute atomic E-state index is 0.283. The zero-order valence-corrected chi connectivity index (χ0v) is 10.3. The van der Waals surface area contributed by atoms with Gasteiger partial charge in [0.05, 0.1) is 6.61 Å². The molecule has 0 amide bonds. The molecule has 0 aliphatic heterocycles. The van der Waals surface area contributed by atoms with Gasteiger partial charge in [-0.1, -0.05) is 42.5 Å². The fourth-order valence-electron chi connectivity index (χ4n) is 1.41. The fourth-order valence-corrected chi connectivity index (χ4v) is 1.41. The van der Waals surface area contributed by atoms with E-state index < -0.39 is 0 Å². The highest BCUT2D eigenvalue weighted by atomic mass is 16.5. The molecular weight excluding hydrogens is 212 g/mol. The van der Waals surface area contributed by atoms with Gasteiger partial charge in [-0.2, -0.15) is 0 Å². The van der Waals surface area contributed by atoms with Crippen molar-refractivity contribution < 1.29 is 9.53 Å². The molecule has 0 aliphatic rings. The molecule has 90 valence electrons. The summed E-state index contributed by atoms with van der Waals surface area (Å²) in [4.78, 5) is 11.2. The first-order valence-corrected chi connectivity index (χ1v) is 5.78. The van der Waals surface area contributed by atoms with Crippen LogP contribution in [0.15, 0.2) is 54.1 Å². The van der Waals surface area contributed by atoms with Crippen molar-refractivity contribution in [3.05, 3.63) is 59.7 Å². The minimum atomic E-state index is -0.283. The third kappa shape index (κ3) is 5.71. The van der Waals surface area contributed by atoms with E-state index in [2.05, 4.69) is 12.1 Å². The number of rotatable bonds is 5. The Labute approximate surface area is 103 Å². The van der Waals surface area contributed by atoms with Gasteiger partial charge in [0.2, 0.25) is 0 Å². The Hall–Kier alpha value is -1.83. The second-order valence-corrected chi connectivity index (χ2v) is 3.73. The van der Waals surface area contributed by atoms with Crippen molar-refractivity contribution in [1.82, 2.24) is 0 Å². The molecule has 0 aliphatic carbocycles. The predicted molar refractivity (Wildman–Crippen MR) is 69.7 cm³/mol. The van der Waals surface area contributed by atoms with Gasteiger partial charge in [0.25, 0.3) is 0 Å². The molecule has 1 aromatic carbocycles. The molecule has 17 heavy (non-hydrogen) atoms. The van der Waals surface area contributed by atoms with Crippen LogP contribution in [-0.2, 0) is 16.0 Å². The maximum atomic E-state index is 11.2. The third-order valence-electron chi connectivity index (χ3n) is 2.21. The Morgan fingerprint density at radius 1 is 1.29 bits per heavy atom. The van der Waals surface area contributed by atoms with Crippen LogP contribution in [-0.4, -0.2) is 12.6 Å². The first-order valence-electron chi connectivity index (χ1n) is 5.78. The quantitative estimate of drug-likeness (QED) is 0.441. The van der Waals surface area contributed by atoms with Gasteiger partial charge in [0, 0.05) is 6.08 Å². The van der Waals surface area contributed by atoms with Crippen molar-refractivity contribution in [2.45, 2.75) is 20.3 Å². The van der Waals surface area contributed by atoms with Crippen LogP contribution in [0.25, 0.3) is 0 Å².